The van der Waals surface area contributed by atoms with Gasteiger partial charge in [-0.2, -0.15) is 38.3 Å². The third-order valence-electron chi connectivity index (χ3n) is 12.4. The van der Waals surface area contributed by atoms with Crippen LogP contribution in [0.5, 0.6) is 5.75 Å². The molecule has 45 heteroatoms. The summed E-state index contributed by atoms with van der Waals surface area (Å²) in [5.41, 5.74) is -4.13. The van der Waals surface area contributed by atoms with Crippen LogP contribution in [0.1, 0.15) is 0 Å². The zero-order chi connectivity index (χ0) is 62.9. The molecule has 0 saturated heterocycles. The molecular weight excluding hydrogens is 1450 g/mol. The molecule has 31 nitrogen and oxygen atoms in total. The zero-order valence-corrected chi connectivity index (χ0v) is 66.9. The van der Waals surface area contributed by atoms with Crippen LogP contribution in [0.4, 0.5) is 46.5 Å². The standard InChI is InChI=1S/C48H34Cl2N12O19S6.6Na/c49-43-55-45(59-47(57-43)53-33-19-26(82(64,65)66)15-24-17-36(84(70,71)72)34(21-31(24)33)62-61-32-12-10-23-6-2-4-8-29(23)42(32)87(79,80)81)51-13-14-52-46-56-44(50)58-48(60-46)54-35-20-27(83(67,68)69)16-25-18-37(85(73,74)75)39(40(63)38(25)35)30-11-9-22-5-1-3-7-28(22)41(30)86(76,77)78;;;;;;/h1-12,15-21,63H,13-14H2,(H,64,65,66)(H,67,68,69)(H,70,71,72)(H,73,74,75)(H,76,77,78)(H,79,80,81)(H2,51,53,55,57,59)(H2,52,54,56,58,60);;;;;;/q;6*+1/p-6. The van der Waals surface area contributed by atoms with Crippen LogP contribution in [0.3, 0.4) is 0 Å². The molecule has 2 heterocycles. The minimum atomic E-state index is -5.78. The van der Waals surface area contributed by atoms with Crippen LogP contribution in [-0.4, -0.2) is 121 Å². The van der Waals surface area contributed by atoms with Crippen LogP contribution in [0.2, 0.25) is 10.6 Å². The van der Waals surface area contributed by atoms with Crippen LogP contribution < -0.4 is 204 Å². The van der Waals surface area contributed by atoms with E-state index in [4.69, 9.17) is 23.2 Å². The monoisotopic (exact) mass is 1480 g/mol. The van der Waals surface area contributed by atoms with Crippen molar-refractivity contribution in [2.75, 3.05) is 34.4 Å². The number of aromatic nitrogens is 6. The van der Waals surface area contributed by atoms with Gasteiger partial charge < -0.3 is 49.1 Å². The van der Waals surface area contributed by atoms with Gasteiger partial charge in [0.15, 0.2) is 0 Å². The smallest absolute Gasteiger partial charge is 0.872 e. The molecule has 10 rings (SSSR count). The van der Waals surface area contributed by atoms with E-state index in [1.165, 1.54) is 54.6 Å². The van der Waals surface area contributed by atoms with E-state index in [2.05, 4.69) is 61.4 Å². The summed E-state index contributed by atoms with van der Waals surface area (Å²) in [5.74, 6) is -3.13. The third kappa shape index (κ3) is 19.1. The number of halogens is 2. The molecule has 8 aromatic carbocycles. The first-order valence-corrected chi connectivity index (χ1v) is 32.9. The Morgan fingerprint density at radius 1 is 0.430 bits per heavy atom. The molecule has 0 amide bonds. The fraction of sp³-hybridized carbons (Fsp3) is 0.0417. The van der Waals surface area contributed by atoms with Crippen molar-refractivity contribution in [3.8, 4) is 16.9 Å². The quantitative estimate of drug-likeness (QED) is 0.0230. The van der Waals surface area contributed by atoms with Crippen LogP contribution >= 0.6 is 23.2 Å². The Labute approximate surface area is 670 Å². The molecule has 0 aliphatic heterocycles. The summed E-state index contributed by atoms with van der Waals surface area (Å²) in [4.78, 5) is 17.8. The average Bonchev–Trinajstić information content (AvgIpc) is 0.737. The second-order valence-corrected chi connectivity index (χ2v) is 26.8. The summed E-state index contributed by atoms with van der Waals surface area (Å²) < 4.78 is 224. The molecule has 0 spiro atoms. The van der Waals surface area contributed by atoms with Crippen molar-refractivity contribution >= 4 is 174 Å². The molecule has 2 aromatic heterocycles. The maximum atomic E-state index is 14.6. The predicted octanol–water partition coefficient (Wildman–Crippen LogP) is -12.1. The van der Waals surface area contributed by atoms with Gasteiger partial charge in [0.1, 0.15) is 66.9 Å². The minimum Gasteiger partial charge on any atom is -0.872 e. The van der Waals surface area contributed by atoms with E-state index in [-0.39, 0.29) is 235 Å². The van der Waals surface area contributed by atoms with E-state index >= 15 is 0 Å². The van der Waals surface area contributed by atoms with Gasteiger partial charge in [0.05, 0.1) is 30.2 Å². The molecule has 10 aromatic rings. The number of nitrogens with zero attached hydrogens (tertiary/aromatic N) is 8. The Bertz CT molecular complexity index is 5400. The Morgan fingerprint density at radius 2 is 0.871 bits per heavy atom. The first kappa shape index (κ1) is 82.9. The summed E-state index contributed by atoms with van der Waals surface area (Å²) in [5, 5.41) is 30.4. The Morgan fingerprint density at radius 3 is 1.37 bits per heavy atom. The molecule has 0 aliphatic rings. The predicted molar refractivity (Wildman–Crippen MR) is 301 cm³/mol. The molecule has 0 bridgehead atoms. The van der Waals surface area contributed by atoms with Crippen LogP contribution in [0.25, 0.3) is 54.2 Å². The normalized spacial score (nSPS) is 12.0. The van der Waals surface area contributed by atoms with Gasteiger partial charge in [-0.3, -0.25) is 4.55 Å². The van der Waals surface area contributed by atoms with Gasteiger partial charge in [-0.05, 0) is 110 Å². The molecule has 5 N–H and O–H groups in total. The fourth-order valence-electron chi connectivity index (χ4n) is 8.99. The molecule has 0 radical (unpaired) electrons. The summed E-state index contributed by atoms with van der Waals surface area (Å²) in [6.07, 6.45) is 0. The average molecular weight is 1480 g/mol. The first-order valence-electron chi connectivity index (χ1n) is 23.6. The van der Waals surface area contributed by atoms with Gasteiger partial charge in [-0.1, -0.05) is 72.5 Å². The molecular formula is C48H28Cl2N12Na6O19S6. The van der Waals surface area contributed by atoms with E-state index in [9.17, 15) is 82.9 Å². The number of benzene rings is 8. The number of rotatable bonds is 18. The maximum absolute atomic E-state index is 14.6. The second kappa shape index (κ2) is 32.2. The summed E-state index contributed by atoms with van der Waals surface area (Å²) in [7, 11) is -32.7. The van der Waals surface area contributed by atoms with Crippen LogP contribution in [-0.2, 0) is 60.7 Å². The van der Waals surface area contributed by atoms with E-state index in [1.54, 1.807) is 6.07 Å². The van der Waals surface area contributed by atoms with Gasteiger partial charge in [-0.15, -0.1) is 10.2 Å². The Hall–Kier alpha value is -2.54. The molecule has 0 aliphatic carbocycles. The zero-order valence-electron chi connectivity index (χ0n) is 48.5. The van der Waals surface area contributed by atoms with Crippen molar-refractivity contribution in [2.45, 2.75) is 29.4 Å². The maximum Gasteiger partial charge on any atom is 1.00 e. The topological polar surface area (TPSA) is 514 Å². The van der Waals surface area contributed by atoms with E-state index in [0.29, 0.717) is 29.7 Å². The fourth-order valence-corrected chi connectivity index (χ4v) is 13.5. The van der Waals surface area contributed by atoms with Crippen molar-refractivity contribution in [2.24, 2.45) is 10.2 Å². The van der Waals surface area contributed by atoms with Crippen molar-refractivity contribution < 1.29 is 260 Å². The van der Waals surface area contributed by atoms with Crippen LogP contribution in [0.15, 0.2) is 155 Å². The molecule has 0 saturated carbocycles. The molecule has 0 unspecified atom stereocenters. The molecule has 0 fully saturated rings. The van der Waals surface area contributed by atoms with Gasteiger partial charge >= 0.3 is 177 Å². The summed E-state index contributed by atoms with van der Waals surface area (Å²) in [6.45, 7) is -0.357. The SMILES string of the molecule is O=S(=O)([O-])c1cc(Nc2nc(Cl)nc(NCCNc3nc(Cl)nc(Nc4cc(S(=O)(=O)[O-])cc5cc(S(=O)(=O)[O-])c(-c6ccc7ccccc7c6S(=O)(=O)[O-])c([O-])c45)n3)n2)c2cc(N=Nc3ccc4ccccc4c3S(=O)(=O)O)c(S(=O)(=O)[O-])cc2c1.[Na+].[Na+].[Na+].[Na+].[Na+].[Na+]. The van der Waals surface area contributed by atoms with Gasteiger partial charge in [-0.25, -0.2) is 42.1 Å². The number of anilines is 6. The van der Waals surface area contributed by atoms with Crippen molar-refractivity contribution in [1.82, 2.24) is 29.9 Å². The van der Waals surface area contributed by atoms with Gasteiger partial charge in [0.2, 0.25) is 34.4 Å². The number of hydrogen-bond acceptors (Lipinski definition) is 30. The third-order valence-corrected chi connectivity index (χ3v) is 18.0. The van der Waals surface area contributed by atoms with Crippen molar-refractivity contribution in [1.29, 1.82) is 0 Å². The van der Waals surface area contributed by atoms with Crippen molar-refractivity contribution in [3.63, 3.8) is 0 Å². The van der Waals surface area contributed by atoms with Crippen molar-refractivity contribution in [3.05, 3.63) is 126 Å². The molecule has 450 valence electrons. The second-order valence-electron chi connectivity index (χ2n) is 18.0. The number of nitrogens with one attached hydrogen (secondary N) is 4. The summed E-state index contributed by atoms with van der Waals surface area (Å²) >= 11 is 12.4. The van der Waals surface area contributed by atoms with E-state index in [0.717, 1.165) is 30.3 Å². The van der Waals surface area contributed by atoms with Gasteiger partial charge in [0, 0.05) is 35.1 Å². The van der Waals surface area contributed by atoms with E-state index < -0.39 is 157 Å². The summed E-state index contributed by atoms with van der Waals surface area (Å²) in [6, 6.07) is 20.9. The number of fused-ring (bicyclic) bond motifs is 4. The van der Waals surface area contributed by atoms with Gasteiger partial charge in [0.25, 0.3) is 10.1 Å². The first-order chi connectivity index (χ1) is 40.6. The molecule has 0 atom stereocenters. The minimum absolute atomic E-state index is 0. The largest absolute Gasteiger partial charge is 1.00 e. The molecule has 93 heavy (non-hydrogen) atoms. The van der Waals surface area contributed by atoms with Crippen LogP contribution in [0, 0.1) is 0 Å². The Balaban J connectivity index is 0.00000307. The van der Waals surface area contributed by atoms with E-state index in [1.807, 2.05) is 0 Å². The Kier molecular flexibility index (Phi) is 28.7. The number of azo groups is 1. The number of hydrogen-bond donors (Lipinski definition) is 5.